The quantitative estimate of drug-likeness (QED) is 0.847. The van der Waals surface area contributed by atoms with Crippen LogP contribution < -0.4 is 5.32 Å². The fourth-order valence-corrected chi connectivity index (χ4v) is 2.29. The Morgan fingerprint density at radius 2 is 2.50 bits per heavy atom. The number of nitrogens with one attached hydrogen (secondary N) is 1. The molecular weight excluding hydrogens is 205 g/mol. The van der Waals surface area contributed by atoms with E-state index >= 15 is 0 Å². The van der Waals surface area contributed by atoms with Gasteiger partial charge in [0.15, 0.2) is 0 Å². The molecule has 3 nitrogen and oxygen atoms in total. The second kappa shape index (κ2) is 5.43. The lowest BCUT2D eigenvalue weighted by Crippen LogP contribution is -2.41. The van der Waals surface area contributed by atoms with E-state index in [-0.39, 0.29) is 6.04 Å². The number of imidazole rings is 1. The molecule has 0 aliphatic carbocycles. The monoisotopic (exact) mass is 225 g/mol. The molecule has 16 heavy (non-hydrogen) atoms. The number of piperidine rings is 1. The second-order valence-electron chi connectivity index (χ2n) is 4.57. The maximum atomic E-state index is 13.9. The number of rotatable bonds is 4. The first-order valence-corrected chi connectivity index (χ1v) is 6.11. The molecule has 2 rings (SSSR count). The Hall–Kier alpha value is -0.900. The van der Waals surface area contributed by atoms with Crippen LogP contribution in [0.15, 0.2) is 12.4 Å². The predicted octanol–water partition coefficient (Wildman–Crippen LogP) is 1.83. The number of hydrogen-bond acceptors (Lipinski definition) is 2. The Kier molecular flexibility index (Phi) is 3.93. The fraction of sp³-hybridized carbons (Fsp3) is 0.750. The van der Waals surface area contributed by atoms with Gasteiger partial charge in [-0.25, -0.2) is 9.37 Å². The minimum absolute atomic E-state index is 0.0639. The average Bonchev–Trinajstić information content (AvgIpc) is 2.73. The van der Waals surface area contributed by atoms with Gasteiger partial charge in [-0.2, -0.15) is 0 Å². The Morgan fingerprint density at radius 1 is 1.62 bits per heavy atom. The highest BCUT2D eigenvalue weighted by atomic mass is 19.1. The standard InChI is InChI=1S/C12H20FN3/c1-16-9-8-15-12(16)6-5-10(13)11-4-2-3-7-14-11/h8-11,14H,2-7H2,1H3. The van der Waals surface area contributed by atoms with E-state index in [9.17, 15) is 4.39 Å². The molecule has 0 amide bonds. The van der Waals surface area contributed by atoms with E-state index in [1.807, 2.05) is 17.8 Å². The van der Waals surface area contributed by atoms with Crippen molar-refractivity contribution in [2.24, 2.45) is 7.05 Å². The van der Waals surface area contributed by atoms with Crippen LogP contribution >= 0.6 is 0 Å². The van der Waals surface area contributed by atoms with Crippen molar-refractivity contribution in [2.45, 2.75) is 44.3 Å². The number of alkyl halides is 1. The normalized spacial score (nSPS) is 23.2. The summed E-state index contributed by atoms with van der Waals surface area (Å²) in [5.74, 6) is 0.971. The Bertz CT molecular complexity index is 318. The van der Waals surface area contributed by atoms with Gasteiger partial charge in [0.2, 0.25) is 0 Å². The molecule has 0 bridgehead atoms. The fourth-order valence-electron chi connectivity index (χ4n) is 2.29. The van der Waals surface area contributed by atoms with E-state index in [1.54, 1.807) is 6.20 Å². The van der Waals surface area contributed by atoms with Gasteiger partial charge in [0, 0.05) is 31.9 Å². The molecule has 4 heteroatoms. The number of halogens is 1. The summed E-state index contributed by atoms with van der Waals surface area (Å²) in [7, 11) is 1.95. The molecule has 2 heterocycles. The summed E-state index contributed by atoms with van der Waals surface area (Å²) in [5, 5.41) is 3.26. The SMILES string of the molecule is Cn1ccnc1CCC(F)C1CCCCN1. The maximum absolute atomic E-state index is 13.9. The lowest BCUT2D eigenvalue weighted by Gasteiger charge is -2.26. The summed E-state index contributed by atoms with van der Waals surface area (Å²) >= 11 is 0. The first-order chi connectivity index (χ1) is 7.77. The molecule has 90 valence electrons. The third kappa shape index (κ3) is 2.82. The van der Waals surface area contributed by atoms with E-state index in [4.69, 9.17) is 0 Å². The summed E-state index contributed by atoms with van der Waals surface area (Å²) in [6.45, 7) is 0.966. The third-order valence-electron chi connectivity index (χ3n) is 3.35. The minimum atomic E-state index is -0.739. The highest BCUT2D eigenvalue weighted by molar-refractivity contribution is 4.92. The van der Waals surface area contributed by atoms with Crippen LogP contribution in [0.3, 0.4) is 0 Å². The third-order valence-corrected chi connectivity index (χ3v) is 3.35. The van der Waals surface area contributed by atoms with Crippen LogP contribution in [-0.4, -0.2) is 28.3 Å². The van der Waals surface area contributed by atoms with Gasteiger partial charge in [-0.3, -0.25) is 0 Å². The Morgan fingerprint density at radius 3 is 3.12 bits per heavy atom. The molecule has 1 fully saturated rings. The van der Waals surface area contributed by atoms with Crippen molar-refractivity contribution in [2.75, 3.05) is 6.54 Å². The molecule has 1 N–H and O–H groups in total. The molecular formula is C12H20FN3. The van der Waals surface area contributed by atoms with Crippen LogP contribution in [0.2, 0.25) is 0 Å². The van der Waals surface area contributed by atoms with E-state index in [0.717, 1.165) is 31.6 Å². The van der Waals surface area contributed by atoms with Gasteiger partial charge >= 0.3 is 0 Å². The van der Waals surface area contributed by atoms with E-state index < -0.39 is 6.17 Å². The summed E-state index contributed by atoms with van der Waals surface area (Å²) in [4.78, 5) is 4.21. The largest absolute Gasteiger partial charge is 0.338 e. The van der Waals surface area contributed by atoms with Crippen LogP contribution in [0.25, 0.3) is 0 Å². The molecule has 1 saturated heterocycles. The van der Waals surface area contributed by atoms with Gasteiger partial charge in [0.05, 0.1) is 0 Å². The summed E-state index contributed by atoms with van der Waals surface area (Å²) in [6.07, 6.45) is 7.54. The van der Waals surface area contributed by atoms with Gasteiger partial charge in [-0.1, -0.05) is 6.42 Å². The second-order valence-corrected chi connectivity index (χ2v) is 4.57. The maximum Gasteiger partial charge on any atom is 0.116 e. The Labute approximate surface area is 96.1 Å². The van der Waals surface area contributed by atoms with Gasteiger partial charge in [-0.15, -0.1) is 0 Å². The lowest BCUT2D eigenvalue weighted by molar-refractivity contribution is 0.206. The molecule has 1 aromatic rings. The van der Waals surface area contributed by atoms with Gasteiger partial charge in [-0.05, 0) is 25.8 Å². The zero-order valence-electron chi connectivity index (χ0n) is 9.82. The Balaban J connectivity index is 1.78. The molecule has 0 radical (unpaired) electrons. The first-order valence-electron chi connectivity index (χ1n) is 6.11. The van der Waals surface area contributed by atoms with Crippen molar-refractivity contribution < 1.29 is 4.39 Å². The topological polar surface area (TPSA) is 29.9 Å². The molecule has 0 spiro atoms. The molecule has 0 saturated carbocycles. The van der Waals surface area contributed by atoms with Crippen LogP contribution in [0.1, 0.15) is 31.5 Å². The van der Waals surface area contributed by atoms with E-state index in [1.165, 1.54) is 6.42 Å². The summed E-state index contributed by atoms with van der Waals surface area (Å²) in [6, 6.07) is 0.0639. The number of hydrogen-bond donors (Lipinski definition) is 1. The van der Waals surface area contributed by atoms with Crippen LogP contribution in [-0.2, 0) is 13.5 Å². The first kappa shape index (κ1) is 11.6. The zero-order valence-corrected chi connectivity index (χ0v) is 9.82. The summed E-state index contributed by atoms with van der Waals surface area (Å²) < 4.78 is 15.9. The van der Waals surface area contributed by atoms with Crippen molar-refractivity contribution in [1.29, 1.82) is 0 Å². The molecule has 1 aliphatic rings. The van der Waals surface area contributed by atoms with Crippen molar-refractivity contribution in [1.82, 2.24) is 14.9 Å². The van der Waals surface area contributed by atoms with Crippen molar-refractivity contribution in [3.05, 3.63) is 18.2 Å². The lowest BCUT2D eigenvalue weighted by atomic mass is 9.98. The summed E-state index contributed by atoms with van der Waals surface area (Å²) in [5.41, 5.74) is 0. The van der Waals surface area contributed by atoms with Gasteiger partial charge < -0.3 is 9.88 Å². The van der Waals surface area contributed by atoms with Crippen molar-refractivity contribution in [3.8, 4) is 0 Å². The van der Waals surface area contributed by atoms with Crippen LogP contribution in [0, 0.1) is 0 Å². The highest BCUT2D eigenvalue weighted by Gasteiger charge is 2.22. The number of nitrogens with zero attached hydrogens (tertiary/aromatic N) is 2. The molecule has 2 atom stereocenters. The van der Waals surface area contributed by atoms with Crippen LogP contribution in [0.5, 0.6) is 0 Å². The number of aromatic nitrogens is 2. The van der Waals surface area contributed by atoms with Crippen molar-refractivity contribution >= 4 is 0 Å². The predicted molar refractivity (Wildman–Crippen MR) is 62.1 cm³/mol. The zero-order chi connectivity index (χ0) is 11.4. The van der Waals surface area contributed by atoms with E-state index in [2.05, 4.69) is 10.3 Å². The molecule has 2 unspecified atom stereocenters. The van der Waals surface area contributed by atoms with E-state index in [0.29, 0.717) is 6.42 Å². The van der Waals surface area contributed by atoms with Gasteiger partial charge in [0.25, 0.3) is 0 Å². The molecule has 1 aromatic heterocycles. The molecule has 1 aliphatic heterocycles. The van der Waals surface area contributed by atoms with Crippen LogP contribution in [0.4, 0.5) is 4.39 Å². The average molecular weight is 225 g/mol. The minimum Gasteiger partial charge on any atom is -0.338 e. The van der Waals surface area contributed by atoms with Gasteiger partial charge in [0.1, 0.15) is 12.0 Å². The highest BCUT2D eigenvalue weighted by Crippen LogP contribution is 2.16. The smallest absolute Gasteiger partial charge is 0.116 e. The number of aryl methyl sites for hydroxylation is 2. The van der Waals surface area contributed by atoms with Crippen molar-refractivity contribution in [3.63, 3.8) is 0 Å². The molecule has 0 aromatic carbocycles.